The predicted octanol–water partition coefficient (Wildman–Crippen LogP) is 2.52. The zero-order chi connectivity index (χ0) is 13.5. The zero-order valence-corrected chi connectivity index (χ0v) is 11.5. The number of esters is 1. The molecule has 0 aliphatic carbocycles. The van der Waals surface area contributed by atoms with Gasteiger partial charge in [-0.05, 0) is 19.8 Å². The van der Waals surface area contributed by atoms with E-state index in [1.54, 1.807) is 7.05 Å². The quantitative estimate of drug-likeness (QED) is 0.598. The molecule has 0 aromatic carbocycles. The van der Waals surface area contributed by atoms with Crippen molar-refractivity contribution in [1.82, 2.24) is 9.78 Å². The van der Waals surface area contributed by atoms with Crippen molar-refractivity contribution in [2.75, 3.05) is 5.73 Å². The number of hydrogen-bond acceptors (Lipinski definition) is 4. The molecule has 0 amide bonds. The number of hydrogen-bond donors (Lipinski definition) is 1. The Balaban J connectivity index is 2.40. The van der Waals surface area contributed by atoms with Crippen molar-refractivity contribution < 1.29 is 9.53 Å². The molecule has 2 N–H and O–H groups in total. The average molecular weight is 253 g/mol. The van der Waals surface area contributed by atoms with Gasteiger partial charge in [-0.1, -0.05) is 26.2 Å². The highest BCUT2D eigenvalue weighted by molar-refractivity contribution is 5.93. The number of anilines is 1. The maximum atomic E-state index is 11.9. The van der Waals surface area contributed by atoms with Crippen LogP contribution in [0.4, 0.5) is 5.69 Å². The zero-order valence-electron chi connectivity index (χ0n) is 11.5. The summed E-state index contributed by atoms with van der Waals surface area (Å²) in [6, 6.07) is 0. The Morgan fingerprint density at radius 3 is 2.78 bits per heavy atom. The van der Waals surface area contributed by atoms with Gasteiger partial charge in [-0.3, -0.25) is 4.68 Å². The fraction of sp³-hybridized carbons (Fsp3) is 0.692. The first-order valence-electron chi connectivity index (χ1n) is 6.54. The minimum atomic E-state index is -0.393. The van der Waals surface area contributed by atoms with Crippen LogP contribution in [0.3, 0.4) is 0 Å². The maximum absolute atomic E-state index is 11.9. The Hall–Kier alpha value is -1.52. The van der Waals surface area contributed by atoms with Gasteiger partial charge in [0.2, 0.25) is 0 Å². The molecule has 0 bridgehead atoms. The van der Waals surface area contributed by atoms with Crippen LogP contribution in [0.5, 0.6) is 0 Å². The van der Waals surface area contributed by atoms with E-state index in [1.807, 2.05) is 6.92 Å². The van der Waals surface area contributed by atoms with E-state index in [4.69, 9.17) is 10.5 Å². The molecule has 5 nitrogen and oxygen atoms in total. The molecule has 0 fully saturated rings. The third kappa shape index (κ3) is 4.05. The van der Waals surface area contributed by atoms with E-state index < -0.39 is 5.97 Å². The molecule has 0 aliphatic rings. The number of aryl methyl sites for hydroxylation is 1. The van der Waals surface area contributed by atoms with E-state index in [1.165, 1.54) is 30.1 Å². The first kappa shape index (κ1) is 14.5. The molecule has 0 spiro atoms. The van der Waals surface area contributed by atoms with E-state index in [-0.39, 0.29) is 6.10 Å². The van der Waals surface area contributed by atoms with Gasteiger partial charge in [0.1, 0.15) is 0 Å². The monoisotopic (exact) mass is 253 g/mol. The van der Waals surface area contributed by atoms with Gasteiger partial charge in [-0.25, -0.2) is 4.79 Å². The van der Waals surface area contributed by atoms with Crippen molar-refractivity contribution in [2.24, 2.45) is 7.05 Å². The average Bonchev–Trinajstić information content (AvgIpc) is 2.64. The molecule has 0 saturated heterocycles. The Labute approximate surface area is 108 Å². The van der Waals surface area contributed by atoms with Crippen molar-refractivity contribution in [1.29, 1.82) is 0 Å². The minimum absolute atomic E-state index is 0.0799. The number of nitrogens with two attached hydrogens (primary N) is 1. The highest BCUT2D eigenvalue weighted by Gasteiger charge is 2.18. The van der Waals surface area contributed by atoms with Gasteiger partial charge < -0.3 is 10.5 Å². The second-order valence-corrected chi connectivity index (χ2v) is 4.64. The summed E-state index contributed by atoms with van der Waals surface area (Å²) in [7, 11) is 1.68. The number of carbonyl (C=O) groups is 1. The number of aromatic nitrogens is 2. The van der Waals surface area contributed by atoms with E-state index in [9.17, 15) is 4.79 Å². The summed E-state index contributed by atoms with van der Waals surface area (Å²) < 4.78 is 6.80. The first-order valence-corrected chi connectivity index (χ1v) is 6.54. The van der Waals surface area contributed by atoms with Gasteiger partial charge >= 0.3 is 5.97 Å². The normalized spacial score (nSPS) is 12.4. The van der Waals surface area contributed by atoms with Crippen LogP contribution in [0.25, 0.3) is 0 Å². The Bertz CT molecular complexity index is 368. The molecular weight excluding hydrogens is 230 g/mol. The minimum Gasteiger partial charge on any atom is -0.458 e. The van der Waals surface area contributed by atoms with Crippen LogP contribution in [-0.2, 0) is 11.8 Å². The fourth-order valence-electron chi connectivity index (χ4n) is 1.86. The van der Waals surface area contributed by atoms with Gasteiger partial charge in [-0.2, -0.15) is 5.10 Å². The highest BCUT2D eigenvalue weighted by atomic mass is 16.5. The molecule has 1 aromatic rings. The first-order chi connectivity index (χ1) is 8.56. The second kappa shape index (κ2) is 7.03. The molecule has 1 rings (SSSR count). The third-order valence-electron chi connectivity index (χ3n) is 2.93. The molecule has 0 saturated carbocycles. The smallest absolute Gasteiger partial charge is 0.359 e. The van der Waals surface area contributed by atoms with Crippen LogP contribution in [0.15, 0.2) is 6.20 Å². The molecule has 0 aliphatic heterocycles. The fourth-order valence-corrected chi connectivity index (χ4v) is 1.86. The number of nitrogens with zero attached hydrogens (tertiary/aromatic N) is 2. The van der Waals surface area contributed by atoms with Crippen LogP contribution >= 0.6 is 0 Å². The van der Waals surface area contributed by atoms with E-state index in [2.05, 4.69) is 12.0 Å². The highest BCUT2D eigenvalue weighted by Crippen LogP contribution is 2.14. The van der Waals surface area contributed by atoms with Gasteiger partial charge in [-0.15, -0.1) is 0 Å². The number of unbranched alkanes of at least 4 members (excludes halogenated alkanes) is 3. The van der Waals surface area contributed by atoms with Gasteiger partial charge in [0.25, 0.3) is 0 Å². The SMILES string of the molecule is CCCCCCC(C)OC(=O)c1c(N)cnn1C. The van der Waals surface area contributed by atoms with Crippen LogP contribution in [0.1, 0.15) is 56.4 Å². The lowest BCUT2D eigenvalue weighted by molar-refractivity contribution is 0.0308. The Morgan fingerprint density at radius 2 is 2.22 bits per heavy atom. The molecule has 5 heteroatoms. The number of rotatable bonds is 7. The number of carbonyl (C=O) groups excluding carboxylic acids is 1. The molecule has 102 valence electrons. The molecule has 1 aromatic heterocycles. The summed E-state index contributed by atoms with van der Waals surface area (Å²) in [6.45, 7) is 4.09. The topological polar surface area (TPSA) is 70.1 Å². The maximum Gasteiger partial charge on any atom is 0.359 e. The predicted molar refractivity (Wildman–Crippen MR) is 71.3 cm³/mol. The van der Waals surface area contributed by atoms with Crippen molar-refractivity contribution in [3.8, 4) is 0 Å². The molecule has 1 atom stereocenters. The van der Waals surface area contributed by atoms with E-state index >= 15 is 0 Å². The van der Waals surface area contributed by atoms with Crippen LogP contribution in [-0.4, -0.2) is 21.9 Å². The molecular formula is C13H23N3O2. The summed E-state index contributed by atoms with van der Waals surface area (Å²) in [5.41, 5.74) is 6.36. The summed E-state index contributed by atoms with van der Waals surface area (Å²) in [5.74, 6) is -0.393. The Kier molecular flexibility index (Phi) is 5.68. The van der Waals surface area contributed by atoms with Crippen molar-refractivity contribution >= 4 is 11.7 Å². The molecule has 0 radical (unpaired) electrons. The molecule has 1 heterocycles. The summed E-state index contributed by atoms with van der Waals surface area (Å²) in [4.78, 5) is 11.9. The third-order valence-corrected chi connectivity index (χ3v) is 2.93. The van der Waals surface area contributed by atoms with Gasteiger partial charge in [0.05, 0.1) is 18.0 Å². The number of nitrogen functional groups attached to an aromatic ring is 1. The van der Waals surface area contributed by atoms with Crippen LogP contribution in [0.2, 0.25) is 0 Å². The Morgan fingerprint density at radius 1 is 1.50 bits per heavy atom. The lowest BCUT2D eigenvalue weighted by Gasteiger charge is -2.13. The van der Waals surface area contributed by atoms with E-state index in [0.29, 0.717) is 11.4 Å². The lowest BCUT2D eigenvalue weighted by atomic mass is 10.1. The lowest BCUT2D eigenvalue weighted by Crippen LogP contribution is -2.18. The largest absolute Gasteiger partial charge is 0.458 e. The molecule has 18 heavy (non-hydrogen) atoms. The summed E-state index contributed by atoms with van der Waals surface area (Å²) in [5, 5.41) is 3.92. The summed E-state index contributed by atoms with van der Waals surface area (Å²) in [6.07, 6.45) is 6.99. The second-order valence-electron chi connectivity index (χ2n) is 4.64. The van der Waals surface area contributed by atoms with E-state index in [0.717, 1.165) is 12.8 Å². The van der Waals surface area contributed by atoms with Crippen LogP contribution < -0.4 is 5.73 Å². The van der Waals surface area contributed by atoms with Crippen molar-refractivity contribution in [3.63, 3.8) is 0 Å². The van der Waals surface area contributed by atoms with Crippen molar-refractivity contribution in [2.45, 2.75) is 52.1 Å². The van der Waals surface area contributed by atoms with Crippen molar-refractivity contribution in [3.05, 3.63) is 11.9 Å². The summed E-state index contributed by atoms with van der Waals surface area (Å²) >= 11 is 0. The molecule has 1 unspecified atom stereocenters. The van der Waals surface area contributed by atoms with Gasteiger partial charge in [0, 0.05) is 7.05 Å². The van der Waals surface area contributed by atoms with Gasteiger partial charge in [0.15, 0.2) is 5.69 Å². The number of ether oxygens (including phenoxy) is 1. The standard InChI is InChI=1S/C13H23N3O2/c1-4-5-6-7-8-10(2)18-13(17)12-11(14)9-15-16(12)3/h9-10H,4-8,14H2,1-3H3. The van der Waals surface area contributed by atoms with Crippen LogP contribution in [0, 0.1) is 0 Å².